The molecular weight excluding hydrogens is 256 g/mol. The molecule has 2 aromatic rings. The minimum Gasteiger partial charge on any atom is -0.396 e. The molecule has 0 aliphatic carbocycles. The van der Waals surface area contributed by atoms with E-state index in [9.17, 15) is 0 Å². The highest BCUT2D eigenvalue weighted by atomic mass is 79.9. The lowest BCUT2D eigenvalue weighted by molar-refractivity contribution is 0.276. The van der Waals surface area contributed by atoms with Crippen LogP contribution in [0.5, 0.6) is 0 Å². The maximum atomic E-state index is 8.83. The third-order valence-corrected chi connectivity index (χ3v) is 3.18. The van der Waals surface area contributed by atoms with Crippen LogP contribution in [0.25, 0.3) is 10.9 Å². The van der Waals surface area contributed by atoms with Gasteiger partial charge in [-0.25, -0.2) is 0 Å². The molecule has 4 N–H and O–H groups in total. The Morgan fingerprint density at radius 3 is 3.00 bits per heavy atom. The zero-order chi connectivity index (χ0) is 10.8. The summed E-state index contributed by atoms with van der Waals surface area (Å²) in [6.45, 7) is 0.119. The molecular formula is C11H13BrN2O. The predicted octanol–water partition coefficient (Wildman–Crippen LogP) is 2.31. The molecule has 0 saturated carbocycles. The Kier molecular flexibility index (Phi) is 3.09. The molecule has 1 unspecified atom stereocenters. The van der Waals surface area contributed by atoms with Crippen molar-refractivity contribution < 1.29 is 5.11 Å². The molecule has 1 aromatic carbocycles. The Morgan fingerprint density at radius 2 is 2.27 bits per heavy atom. The number of aromatic nitrogens is 1. The van der Waals surface area contributed by atoms with E-state index in [1.54, 1.807) is 0 Å². The van der Waals surface area contributed by atoms with Gasteiger partial charge in [-0.05, 0) is 40.0 Å². The van der Waals surface area contributed by atoms with E-state index < -0.39 is 0 Å². The number of H-pyrrole nitrogens is 1. The fourth-order valence-corrected chi connectivity index (χ4v) is 2.08. The zero-order valence-electron chi connectivity index (χ0n) is 8.20. The van der Waals surface area contributed by atoms with Crippen LogP contribution in [-0.2, 0) is 0 Å². The highest BCUT2D eigenvalue weighted by molar-refractivity contribution is 9.10. The molecule has 0 amide bonds. The van der Waals surface area contributed by atoms with Crippen molar-refractivity contribution in [1.82, 2.24) is 4.98 Å². The number of aliphatic hydroxyl groups excluding tert-OH is 1. The molecule has 0 radical (unpaired) electrons. The van der Waals surface area contributed by atoms with Crippen LogP contribution in [0.2, 0.25) is 0 Å². The quantitative estimate of drug-likeness (QED) is 0.800. The summed E-state index contributed by atoms with van der Waals surface area (Å²) in [6, 6.07) is 5.95. The molecule has 1 heterocycles. The van der Waals surface area contributed by atoms with E-state index in [0.29, 0.717) is 6.42 Å². The van der Waals surface area contributed by atoms with Gasteiger partial charge in [0.25, 0.3) is 0 Å². The Morgan fingerprint density at radius 1 is 1.47 bits per heavy atom. The molecule has 0 saturated heterocycles. The van der Waals surface area contributed by atoms with Gasteiger partial charge in [0.1, 0.15) is 0 Å². The molecule has 0 aliphatic rings. The largest absolute Gasteiger partial charge is 0.396 e. The van der Waals surface area contributed by atoms with Gasteiger partial charge >= 0.3 is 0 Å². The molecule has 80 valence electrons. The predicted molar refractivity (Wildman–Crippen MR) is 64.6 cm³/mol. The van der Waals surface area contributed by atoms with Gasteiger partial charge in [0.2, 0.25) is 0 Å². The third-order valence-electron chi connectivity index (χ3n) is 2.52. The number of hydrogen-bond donors (Lipinski definition) is 3. The monoisotopic (exact) mass is 268 g/mol. The van der Waals surface area contributed by atoms with Crippen LogP contribution in [0, 0.1) is 0 Å². The van der Waals surface area contributed by atoms with Crippen LogP contribution < -0.4 is 5.73 Å². The lowest BCUT2D eigenvalue weighted by Crippen LogP contribution is -2.11. The summed E-state index contributed by atoms with van der Waals surface area (Å²) in [7, 11) is 0. The normalized spacial score (nSPS) is 13.3. The second-order valence-corrected chi connectivity index (χ2v) is 4.41. The number of nitrogens with two attached hydrogens (primary N) is 1. The molecule has 1 aromatic heterocycles. The Labute approximate surface area is 96.4 Å². The molecule has 2 rings (SSSR count). The van der Waals surface area contributed by atoms with Crippen LogP contribution in [0.1, 0.15) is 18.0 Å². The first-order chi connectivity index (χ1) is 7.22. The number of nitrogens with one attached hydrogen (secondary N) is 1. The van der Waals surface area contributed by atoms with Crippen molar-refractivity contribution in [3.63, 3.8) is 0 Å². The van der Waals surface area contributed by atoms with Gasteiger partial charge in [0, 0.05) is 34.2 Å². The van der Waals surface area contributed by atoms with Crippen molar-refractivity contribution in [3.05, 3.63) is 34.4 Å². The first kappa shape index (κ1) is 10.7. The lowest BCUT2D eigenvalue weighted by Gasteiger charge is -2.10. The van der Waals surface area contributed by atoms with Gasteiger partial charge < -0.3 is 15.8 Å². The van der Waals surface area contributed by atoms with Crippen molar-refractivity contribution >= 4 is 26.8 Å². The summed E-state index contributed by atoms with van der Waals surface area (Å²) < 4.78 is 1.04. The smallest absolute Gasteiger partial charge is 0.0465 e. The molecule has 0 bridgehead atoms. The van der Waals surface area contributed by atoms with Gasteiger partial charge in [-0.2, -0.15) is 0 Å². The van der Waals surface area contributed by atoms with E-state index in [2.05, 4.69) is 27.0 Å². The van der Waals surface area contributed by atoms with E-state index in [4.69, 9.17) is 10.8 Å². The van der Waals surface area contributed by atoms with Crippen LogP contribution in [-0.4, -0.2) is 16.7 Å². The number of hydrogen-bond acceptors (Lipinski definition) is 2. The molecule has 1 atom stereocenters. The van der Waals surface area contributed by atoms with Gasteiger partial charge in [-0.3, -0.25) is 0 Å². The summed E-state index contributed by atoms with van der Waals surface area (Å²) in [5.41, 5.74) is 8.07. The summed E-state index contributed by atoms with van der Waals surface area (Å²) in [5, 5.41) is 9.96. The van der Waals surface area contributed by atoms with Gasteiger partial charge in [0.05, 0.1) is 0 Å². The number of fused-ring (bicyclic) bond motifs is 1. The fraction of sp³-hybridized carbons (Fsp3) is 0.273. The lowest BCUT2D eigenvalue weighted by atomic mass is 10.0. The summed E-state index contributed by atoms with van der Waals surface area (Å²) >= 11 is 3.47. The first-order valence-corrected chi connectivity index (χ1v) is 5.64. The van der Waals surface area contributed by atoms with E-state index in [0.717, 1.165) is 20.9 Å². The molecule has 4 heteroatoms. The van der Waals surface area contributed by atoms with E-state index in [1.807, 2.05) is 18.3 Å². The van der Waals surface area contributed by atoms with Crippen molar-refractivity contribution in [2.24, 2.45) is 5.73 Å². The van der Waals surface area contributed by atoms with Crippen LogP contribution in [0.15, 0.2) is 28.9 Å². The average Bonchev–Trinajstić information content (AvgIpc) is 2.60. The standard InChI is InChI=1S/C11H13BrN2O/c12-9-6-14-11-2-1-7(5-8(9)11)10(13)3-4-15/h1-2,5-6,10,14-15H,3-4,13H2. The maximum Gasteiger partial charge on any atom is 0.0465 e. The average molecular weight is 269 g/mol. The third kappa shape index (κ3) is 2.07. The number of benzene rings is 1. The second-order valence-electron chi connectivity index (χ2n) is 3.56. The SMILES string of the molecule is NC(CCO)c1ccc2[nH]cc(Br)c2c1. The van der Waals surface area contributed by atoms with E-state index >= 15 is 0 Å². The second kappa shape index (κ2) is 4.35. The van der Waals surface area contributed by atoms with E-state index in [-0.39, 0.29) is 12.6 Å². The van der Waals surface area contributed by atoms with Gasteiger partial charge in [0.15, 0.2) is 0 Å². The fourth-order valence-electron chi connectivity index (χ4n) is 1.64. The van der Waals surface area contributed by atoms with Crippen LogP contribution in [0.4, 0.5) is 0 Å². The van der Waals surface area contributed by atoms with Crippen LogP contribution in [0.3, 0.4) is 0 Å². The highest BCUT2D eigenvalue weighted by Gasteiger charge is 2.07. The number of aliphatic hydroxyl groups is 1. The van der Waals surface area contributed by atoms with Gasteiger partial charge in [-0.15, -0.1) is 0 Å². The molecule has 0 spiro atoms. The van der Waals surface area contributed by atoms with Crippen molar-refractivity contribution in [1.29, 1.82) is 0 Å². The number of halogens is 1. The van der Waals surface area contributed by atoms with Crippen molar-refractivity contribution in [3.8, 4) is 0 Å². The van der Waals surface area contributed by atoms with E-state index in [1.165, 1.54) is 0 Å². The molecule has 0 aliphatic heterocycles. The minimum absolute atomic E-state index is 0.0961. The molecule has 3 nitrogen and oxygen atoms in total. The van der Waals surface area contributed by atoms with Crippen molar-refractivity contribution in [2.75, 3.05) is 6.61 Å². The van der Waals surface area contributed by atoms with Crippen LogP contribution >= 0.6 is 15.9 Å². The Hall–Kier alpha value is -0.840. The number of aromatic amines is 1. The first-order valence-electron chi connectivity index (χ1n) is 4.85. The van der Waals surface area contributed by atoms with Gasteiger partial charge in [-0.1, -0.05) is 6.07 Å². The molecule has 0 fully saturated rings. The Bertz CT molecular complexity index is 467. The molecule has 15 heavy (non-hydrogen) atoms. The maximum absolute atomic E-state index is 8.83. The minimum atomic E-state index is -0.0961. The summed E-state index contributed by atoms with van der Waals surface area (Å²) in [6.07, 6.45) is 2.50. The summed E-state index contributed by atoms with van der Waals surface area (Å²) in [4.78, 5) is 3.15. The summed E-state index contributed by atoms with van der Waals surface area (Å²) in [5.74, 6) is 0. The zero-order valence-corrected chi connectivity index (χ0v) is 9.79. The number of rotatable bonds is 3. The topological polar surface area (TPSA) is 62.0 Å². The Balaban J connectivity index is 2.41. The van der Waals surface area contributed by atoms with Crippen molar-refractivity contribution in [2.45, 2.75) is 12.5 Å². The highest BCUT2D eigenvalue weighted by Crippen LogP contribution is 2.26.